The molecule has 0 spiro atoms. The smallest absolute Gasteiger partial charge is 0.173 e. The van der Waals surface area contributed by atoms with E-state index in [1.54, 1.807) is 0 Å². The van der Waals surface area contributed by atoms with Crippen LogP contribution in [-0.2, 0) is 14.0 Å². The third-order valence-corrected chi connectivity index (χ3v) is 9.12. The van der Waals surface area contributed by atoms with Crippen LogP contribution in [0.4, 0.5) is 0 Å². The first kappa shape index (κ1) is 15.3. The standard InChI is InChI=1S/C9H24O3SSi2/c1-13(10,11)8-7-9-15(5,6)12-14(2,3)4/h7-9H2,1-6H3. The van der Waals surface area contributed by atoms with Crippen LogP contribution in [0, 0.1) is 0 Å². The Kier molecular flexibility index (Phi) is 5.23. The average molecular weight is 269 g/mol. The van der Waals surface area contributed by atoms with Gasteiger partial charge < -0.3 is 4.12 Å². The van der Waals surface area contributed by atoms with Gasteiger partial charge in [-0.1, -0.05) is 0 Å². The number of sulfone groups is 1. The molecule has 0 aromatic rings. The molecular weight excluding hydrogens is 244 g/mol. The lowest BCUT2D eigenvalue weighted by molar-refractivity contribution is 0.545. The van der Waals surface area contributed by atoms with Crippen molar-refractivity contribution in [1.82, 2.24) is 0 Å². The van der Waals surface area contributed by atoms with E-state index in [-0.39, 0.29) is 0 Å². The van der Waals surface area contributed by atoms with Gasteiger partial charge in [-0.2, -0.15) is 0 Å². The largest absolute Gasteiger partial charge is 0.456 e. The molecule has 0 bridgehead atoms. The van der Waals surface area contributed by atoms with E-state index in [4.69, 9.17) is 4.12 Å². The van der Waals surface area contributed by atoms with E-state index in [9.17, 15) is 8.42 Å². The molecular formula is C9H24O3SSi2. The highest BCUT2D eigenvalue weighted by atomic mass is 32.2. The van der Waals surface area contributed by atoms with Gasteiger partial charge in [-0.25, -0.2) is 8.42 Å². The molecule has 0 saturated heterocycles. The molecule has 0 aromatic heterocycles. The van der Waals surface area contributed by atoms with Gasteiger partial charge in [0.05, 0.1) is 0 Å². The normalized spacial score (nSPS) is 14.3. The molecule has 0 radical (unpaired) electrons. The van der Waals surface area contributed by atoms with Crippen LogP contribution in [0.5, 0.6) is 0 Å². The molecule has 0 atom stereocenters. The van der Waals surface area contributed by atoms with Gasteiger partial charge >= 0.3 is 0 Å². The van der Waals surface area contributed by atoms with Gasteiger partial charge in [0.2, 0.25) is 0 Å². The van der Waals surface area contributed by atoms with Gasteiger partial charge in [-0.15, -0.1) is 0 Å². The van der Waals surface area contributed by atoms with Crippen LogP contribution in [0.2, 0.25) is 38.8 Å². The summed E-state index contributed by atoms with van der Waals surface area (Å²) in [4.78, 5) is 0. The predicted octanol–water partition coefficient (Wildman–Crippen LogP) is 2.48. The Morgan fingerprint density at radius 3 is 1.87 bits per heavy atom. The Bertz CT molecular complexity index is 291. The molecule has 0 amide bonds. The summed E-state index contributed by atoms with van der Waals surface area (Å²) >= 11 is 0. The fourth-order valence-electron chi connectivity index (χ4n) is 1.64. The fourth-order valence-corrected chi connectivity index (χ4v) is 10.6. The molecule has 0 saturated carbocycles. The van der Waals surface area contributed by atoms with Gasteiger partial charge in [0.25, 0.3) is 0 Å². The number of hydrogen-bond donors (Lipinski definition) is 0. The molecule has 0 unspecified atom stereocenters. The van der Waals surface area contributed by atoms with Gasteiger partial charge in [0.15, 0.2) is 16.6 Å². The van der Waals surface area contributed by atoms with Gasteiger partial charge in [-0.3, -0.25) is 0 Å². The molecule has 0 heterocycles. The van der Waals surface area contributed by atoms with E-state index in [1.165, 1.54) is 6.26 Å². The minimum atomic E-state index is -2.81. The summed E-state index contributed by atoms with van der Waals surface area (Å²) in [6, 6.07) is 0.935. The van der Waals surface area contributed by atoms with Crippen LogP contribution in [0.15, 0.2) is 0 Å². The van der Waals surface area contributed by atoms with Crippen molar-refractivity contribution in [2.24, 2.45) is 0 Å². The summed E-state index contributed by atoms with van der Waals surface area (Å²) in [5.74, 6) is 0.290. The SMILES string of the molecule is C[Si](C)(C)O[Si](C)(C)CCCS(C)(=O)=O. The second-order valence-corrected chi connectivity index (χ2v) is 17.0. The maximum atomic E-state index is 11.0. The van der Waals surface area contributed by atoms with Crippen molar-refractivity contribution in [3.8, 4) is 0 Å². The zero-order valence-corrected chi connectivity index (χ0v) is 13.6. The maximum Gasteiger partial charge on any atom is 0.173 e. The molecule has 6 heteroatoms. The molecule has 0 fully saturated rings. The Balaban J connectivity index is 4.06. The van der Waals surface area contributed by atoms with E-state index in [2.05, 4.69) is 32.7 Å². The zero-order valence-electron chi connectivity index (χ0n) is 10.8. The van der Waals surface area contributed by atoms with Crippen molar-refractivity contribution in [3.05, 3.63) is 0 Å². The summed E-state index contributed by atoms with van der Waals surface area (Å²) in [6.45, 7) is 10.9. The molecule has 0 rings (SSSR count). The van der Waals surface area contributed by atoms with Gasteiger partial charge in [-0.05, 0) is 45.2 Å². The zero-order chi connectivity index (χ0) is 12.3. The van der Waals surface area contributed by atoms with Crippen molar-refractivity contribution in [3.63, 3.8) is 0 Å². The minimum absolute atomic E-state index is 0.290. The van der Waals surface area contributed by atoms with E-state index < -0.39 is 26.5 Å². The van der Waals surface area contributed by atoms with Gasteiger partial charge in [0.1, 0.15) is 9.84 Å². The first-order chi connectivity index (χ1) is 6.41. The molecule has 3 nitrogen and oxygen atoms in total. The summed E-state index contributed by atoms with van der Waals surface area (Å²) in [7, 11) is -5.93. The topological polar surface area (TPSA) is 43.4 Å². The average Bonchev–Trinajstić information content (AvgIpc) is 1.75. The van der Waals surface area contributed by atoms with Gasteiger partial charge in [0, 0.05) is 12.0 Å². The summed E-state index contributed by atoms with van der Waals surface area (Å²) in [6.07, 6.45) is 2.03. The van der Waals surface area contributed by atoms with Crippen molar-refractivity contribution in [2.45, 2.75) is 45.2 Å². The molecule has 0 aromatic carbocycles. The quantitative estimate of drug-likeness (QED) is 0.695. The van der Waals surface area contributed by atoms with E-state index >= 15 is 0 Å². The fraction of sp³-hybridized carbons (Fsp3) is 1.00. The van der Waals surface area contributed by atoms with Crippen molar-refractivity contribution >= 4 is 26.5 Å². The van der Waals surface area contributed by atoms with Crippen LogP contribution in [0.1, 0.15) is 6.42 Å². The predicted molar refractivity (Wildman–Crippen MR) is 71.0 cm³/mol. The minimum Gasteiger partial charge on any atom is -0.456 e. The first-order valence-corrected chi connectivity index (χ1v) is 13.9. The summed E-state index contributed by atoms with van der Waals surface area (Å²) < 4.78 is 28.1. The van der Waals surface area contributed by atoms with Crippen LogP contribution in [0.25, 0.3) is 0 Å². The van der Waals surface area contributed by atoms with Crippen LogP contribution < -0.4 is 0 Å². The highest BCUT2D eigenvalue weighted by molar-refractivity contribution is 7.90. The lowest BCUT2D eigenvalue weighted by Gasteiger charge is -2.31. The third-order valence-electron chi connectivity index (χ3n) is 1.88. The Labute approximate surface area is 96.4 Å². The third kappa shape index (κ3) is 10.6. The number of rotatable bonds is 6. The molecule has 0 aliphatic heterocycles. The molecule has 0 aliphatic carbocycles. The molecule has 0 N–H and O–H groups in total. The Morgan fingerprint density at radius 1 is 1.07 bits per heavy atom. The van der Waals surface area contributed by atoms with Crippen molar-refractivity contribution in [1.29, 1.82) is 0 Å². The molecule has 92 valence electrons. The van der Waals surface area contributed by atoms with E-state index in [0.29, 0.717) is 5.75 Å². The van der Waals surface area contributed by atoms with E-state index in [0.717, 1.165) is 12.5 Å². The highest BCUT2D eigenvalue weighted by Gasteiger charge is 2.29. The van der Waals surface area contributed by atoms with Crippen LogP contribution >= 0.6 is 0 Å². The van der Waals surface area contributed by atoms with Crippen LogP contribution in [-0.4, -0.2) is 37.1 Å². The maximum absolute atomic E-state index is 11.0. The lowest BCUT2D eigenvalue weighted by atomic mass is 10.6. The van der Waals surface area contributed by atoms with Crippen molar-refractivity contribution < 1.29 is 12.5 Å². The Hall–Kier alpha value is 0.344. The molecule has 0 aliphatic rings. The summed E-state index contributed by atoms with van der Waals surface area (Å²) in [5.41, 5.74) is 0. The van der Waals surface area contributed by atoms with E-state index in [1.807, 2.05) is 0 Å². The summed E-state index contributed by atoms with van der Waals surface area (Å²) in [5, 5.41) is 0. The lowest BCUT2D eigenvalue weighted by Crippen LogP contribution is -2.42. The number of hydrogen-bond acceptors (Lipinski definition) is 3. The second-order valence-electron chi connectivity index (χ2n) is 5.71. The monoisotopic (exact) mass is 268 g/mol. The Morgan fingerprint density at radius 2 is 1.53 bits per heavy atom. The first-order valence-electron chi connectivity index (χ1n) is 5.29. The molecule has 15 heavy (non-hydrogen) atoms. The van der Waals surface area contributed by atoms with Crippen LogP contribution in [0.3, 0.4) is 0 Å². The van der Waals surface area contributed by atoms with Crippen molar-refractivity contribution in [2.75, 3.05) is 12.0 Å². The second kappa shape index (κ2) is 5.12. The highest BCUT2D eigenvalue weighted by Crippen LogP contribution is 2.19.